The zero-order chi connectivity index (χ0) is 16.9. The second-order valence-corrected chi connectivity index (χ2v) is 5.66. The minimum Gasteiger partial charge on any atom is -0.347 e. The van der Waals surface area contributed by atoms with Crippen LogP contribution < -0.4 is 5.32 Å². The molecule has 0 aliphatic heterocycles. The molecule has 120 valence electrons. The van der Waals surface area contributed by atoms with E-state index in [1.165, 1.54) is 35.0 Å². The average molecular weight is 346 g/mol. The van der Waals surface area contributed by atoms with Crippen molar-refractivity contribution in [2.75, 3.05) is 34.2 Å². The van der Waals surface area contributed by atoms with Gasteiger partial charge < -0.3 is 15.1 Å². The van der Waals surface area contributed by atoms with Gasteiger partial charge in [-0.3, -0.25) is 14.4 Å². The Bertz CT molecular complexity index is 591. The van der Waals surface area contributed by atoms with Crippen molar-refractivity contribution in [1.82, 2.24) is 15.1 Å². The summed E-state index contributed by atoms with van der Waals surface area (Å²) in [5.74, 6) is -1.02. The monoisotopic (exact) mass is 345 g/mol. The van der Waals surface area contributed by atoms with E-state index in [0.29, 0.717) is 10.6 Å². The van der Waals surface area contributed by atoms with Crippen LogP contribution in [0.3, 0.4) is 0 Å². The Hall–Kier alpha value is -1.79. The van der Waals surface area contributed by atoms with Crippen LogP contribution in [0.1, 0.15) is 10.4 Å². The number of rotatable bonds is 5. The molecule has 1 aromatic carbocycles. The largest absolute Gasteiger partial charge is 0.347 e. The molecular weight excluding hydrogens is 329 g/mol. The second-order valence-electron chi connectivity index (χ2n) is 4.85. The SMILES string of the molecule is CN(C)C(=O)CN(C)C(=O)CNC(=O)c1ccc(Cl)c(Cl)c1. The van der Waals surface area contributed by atoms with Crippen LogP contribution in [0.4, 0.5) is 0 Å². The molecule has 0 bridgehead atoms. The number of likely N-dealkylation sites (N-methyl/N-ethyl adjacent to an activating group) is 2. The maximum Gasteiger partial charge on any atom is 0.251 e. The van der Waals surface area contributed by atoms with Gasteiger partial charge >= 0.3 is 0 Å². The molecule has 0 aromatic heterocycles. The molecule has 8 heteroatoms. The predicted molar refractivity (Wildman–Crippen MR) is 85.1 cm³/mol. The number of nitrogens with one attached hydrogen (secondary N) is 1. The number of carbonyl (C=O) groups is 3. The smallest absolute Gasteiger partial charge is 0.251 e. The number of carbonyl (C=O) groups excluding carboxylic acids is 3. The van der Waals surface area contributed by atoms with E-state index in [4.69, 9.17) is 23.2 Å². The van der Waals surface area contributed by atoms with E-state index < -0.39 is 5.91 Å². The highest BCUT2D eigenvalue weighted by Crippen LogP contribution is 2.22. The number of hydrogen-bond donors (Lipinski definition) is 1. The van der Waals surface area contributed by atoms with Gasteiger partial charge in [0.05, 0.1) is 23.1 Å². The first-order chi connectivity index (χ1) is 10.2. The highest BCUT2D eigenvalue weighted by molar-refractivity contribution is 6.42. The number of hydrogen-bond acceptors (Lipinski definition) is 3. The number of nitrogens with zero attached hydrogens (tertiary/aromatic N) is 2. The van der Waals surface area contributed by atoms with E-state index in [9.17, 15) is 14.4 Å². The zero-order valence-corrected chi connectivity index (χ0v) is 14.0. The minimum absolute atomic E-state index is 0.0471. The van der Waals surface area contributed by atoms with Crippen molar-refractivity contribution in [2.45, 2.75) is 0 Å². The summed E-state index contributed by atoms with van der Waals surface area (Å²) in [4.78, 5) is 37.9. The van der Waals surface area contributed by atoms with E-state index in [1.54, 1.807) is 14.1 Å². The molecule has 1 N–H and O–H groups in total. The molecule has 22 heavy (non-hydrogen) atoms. The minimum atomic E-state index is -0.445. The van der Waals surface area contributed by atoms with Crippen molar-refractivity contribution < 1.29 is 14.4 Å². The van der Waals surface area contributed by atoms with Gasteiger partial charge in [0, 0.05) is 26.7 Å². The highest BCUT2D eigenvalue weighted by atomic mass is 35.5. The first kappa shape index (κ1) is 18.3. The van der Waals surface area contributed by atoms with Crippen LogP contribution in [0, 0.1) is 0 Å². The van der Waals surface area contributed by atoms with E-state index in [1.807, 2.05) is 0 Å². The third kappa shape index (κ3) is 5.20. The van der Waals surface area contributed by atoms with Crippen molar-refractivity contribution in [1.29, 1.82) is 0 Å². The number of benzene rings is 1. The third-order valence-electron chi connectivity index (χ3n) is 2.88. The van der Waals surface area contributed by atoms with Gasteiger partial charge in [-0.05, 0) is 18.2 Å². The fourth-order valence-electron chi connectivity index (χ4n) is 1.46. The van der Waals surface area contributed by atoms with Crippen LogP contribution in [0.15, 0.2) is 18.2 Å². The molecule has 0 saturated carbocycles. The fraction of sp³-hybridized carbons (Fsp3) is 0.357. The maximum atomic E-state index is 11.9. The molecular formula is C14H17Cl2N3O3. The quantitative estimate of drug-likeness (QED) is 0.873. The molecule has 0 atom stereocenters. The van der Waals surface area contributed by atoms with Crippen LogP contribution in [0.25, 0.3) is 0 Å². The lowest BCUT2D eigenvalue weighted by Gasteiger charge is -2.19. The maximum absolute atomic E-state index is 11.9. The lowest BCUT2D eigenvalue weighted by atomic mass is 10.2. The van der Waals surface area contributed by atoms with Crippen LogP contribution in [-0.4, -0.2) is 61.8 Å². The van der Waals surface area contributed by atoms with E-state index in [2.05, 4.69) is 5.32 Å². The van der Waals surface area contributed by atoms with Crippen LogP contribution in [0.2, 0.25) is 10.0 Å². The van der Waals surface area contributed by atoms with Crippen molar-refractivity contribution in [2.24, 2.45) is 0 Å². The van der Waals surface area contributed by atoms with Gasteiger partial charge in [-0.25, -0.2) is 0 Å². The van der Waals surface area contributed by atoms with Gasteiger partial charge in [-0.15, -0.1) is 0 Å². The van der Waals surface area contributed by atoms with Crippen molar-refractivity contribution in [3.63, 3.8) is 0 Å². The predicted octanol–water partition coefficient (Wildman–Crippen LogP) is 1.27. The van der Waals surface area contributed by atoms with Gasteiger partial charge in [0.1, 0.15) is 0 Å². The highest BCUT2D eigenvalue weighted by Gasteiger charge is 2.15. The van der Waals surface area contributed by atoms with Crippen molar-refractivity contribution in [3.05, 3.63) is 33.8 Å². The van der Waals surface area contributed by atoms with E-state index >= 15 is 0 Å². The summed E-state index contributed by atoms with van der Waals surface area (Å²) in [5.41, 5.74) is 0.300. The first-order valence-electron chi connectivity index (χ1n) is 6.39. The Morgan fingerprint density at radius 3 is 2.23 bits per heavy atom. The Labute approximate surface area is 139 Å². The van der Waals surface area contributed by atoms with Crippen LogP contribution in [0.5, 0.6) is 0 Å². The molecule has 0 saturated heterocycles. The first-order valence-corrected chi connectivity index (χ1v) is 7.15. The molecule has 3 amide bonds. The summed E-state index contributed by atoms with van der Waals surface area (Å²) in [6, 6.07) is 4.43. The van der Waals surface area contributed by atoms with Gasteiger partial charge in [0.2, 0.25) is 11.8 Å². The molecule has 0 heterocycles. The molecule has 0 spiro atoms. The number of amides is 3. The molecule has 1 aromatic rings. The van der Waals surface area contributed by atoms with Crippen molar-refractivity contribution >= 4 is 40.9 Å². The standard InChI is InChI=1S/C14H17Cl2N3O3/c1-18(2)13(21)8-19(3)12(20)7-17-14(22)9-4-5-10(15)11(16)6-9/h4-6H,7-8H2,1-3H3,(H,17,22). The van der Waals surface area contributed by atoms with Crippen LogP contribution >= 0.6 is 23.2 Å². The molecule has 6 nitrogen and oxygen atoms in total. The van der Waals surface area contributed by atoms with E-state index in [0.717, 1.165) is 0 Å². The summed E-state index contributed by atoms with van der Waals surface area (Å²) in [7, 11) is 4.70. The molecule has 0 radical (unpaired) electrons. The summed E-state index contributed by atoms with van der Waals surface area (Å²) >= 11 is 11.6. The molecule has 0 fully saturated rings. The van der Waals surface area contributed by atoms with E-state index in [-0.39, 0.29) is 29.9 Å². The zero-order valence-electron chi connectivity index (χ0n) is 12.5. The molecule has 1 rings (SSSR count). The topological polar surface area (TPSA) is 69.7 Å². The normalized spacial score (nSPS) is 10.0. The van der Waals surface area contributed by atoms with Gasteiger partial charge in [0.25, 0.3) is 5.91 Å². The molecule has 0 unspecified atom stereocenters. The lowest BCUT2D eigenvalue weighted by molar-refractivity contribution is -0.137. The fourth-order valence-corrected chi connectivity index (χ4v) is 1.76. The lowest BCUT2D eigenvalue weighted by Crippen LogP contribution is -2.42. The second kappa shape index (κ2) is 8.00. The average Bonchev–Trinajstić information content (AvgIpc) is 2.46. The van der Waals surface area contributed by atoms with Gasteiger partial charge in [0.15, 0.2) is 0 Å². The van der Waals surface area contributed by atoms with Gasteiger partial charge in [-0.1, -0.05) is 23.2 Å². The van der Waals surface area contributed by atoms with Gasteiger partial charge in [-0.2, -0.15) is 0 Å². The Kier molecular flexibility index (Phi) is 6.64. The Balaban J connectivity index is 2.54. The summed E-state index contributed by atoms with van der Waals surface area (Å²) in [6.07, 6.45) is 0. The summed E-state index contributed by atoms with van der Waals surface area (Å²) in [6.45, 7) is -0.259. The molecule has 0 aliphatic carbocycles. The van der Waals surface area contributed by atoms with Crippen LogP contribution in [-0.2, 0) is 9.59 Å². The summed E-state index contributed by atoms with van der Waals surface area (Å²) < 4.78 is 0. The number of halogens is 2. The summed E-state index contributed by atoms with van der Waals surface area (Å²) in [5, 5.41) is 3.07. The van der Waals surface area contributed by atoms with Crippen molar-refractivity contribution in [3.8, 4) is 0 Å². The Morgan fingerprint density at radius 1 is 1.05 bits per heavy atom. The Morgan fingerprint density at radius 2 is 1.68 bits per heavy atom. The molecule has 0 aliphatic rings. The third-order valence-corrected chi connectivity index (χ3v) is 3.62.